The zero-order chi connectivity index (χ0) is 13.1. The van der Waals surface area contributed by atoms with Gasteiger partial charge in [0.15, 0.2) is 0 Å². The first-order chi connectivity index (χ1) is 8.59. The van der Waals surface area contributed by atoms with E-state index in [9.17, 15) is 4.79 Å². The third-order valence-electron chi connectivity index (χ3n) is 2.89. The Bertz CT molecular complexity index is 583. The van der Waals surface area contributed by atoms with Crippen molar-refractivity contribution in [2.75, 3.05) is 11.9 Å². The Hall–Kier alpha value is -1.55. The molecule has 1 atom stereocenters. The summed E-state index contributed by atoms with van der Waals surface area (Å²) in [4.78, 5) is 10.8. The van der Waals surface area contributed by atoms with Gasteiger partial charge in [-0.2, -0.15) is 0 Å². The molecule has 18 heavy (non-hydrogen) atoms. The van der Waals surface area contributed by atoms with Crippen LogP contribution >= 0.6 is 15.9 Å². The van der Waals surface area contributed by atoms with Crippen molar-refractivity contribution in [1.82, 2.24) is 0 Å². The second kappa shape index (κ2) is 5.40. The summed E-state index contributed by atoms with van der Waals surface area (Å²) in [5, 5.41) is 14.3. The van der Waals surface area contributed by atoms with Crippen LogP contribution in [-0.2, 0) is 4.79 Å². The topological polar surface area (TPSA) is 49.3 Å². The smallest absolute Gasteiger partial charge is 0.308 e. The molecule has 2 aromatic carbocycles. The molecular formula is C14H14BrNO2. The Morgan fingerprint density at radius 2 is 1.94 bits per heavy atom. The third kappa shape index (κ3) is 2.64. The Balaban J connectivity index is 2.29. The molecule has 2 aromatic rings. The van der Waals surface area contributed by atoms with Gasteiger partial charge in [0.2, 0.25) is 0 Å². The SMILES string of the molecule is CC(CNc1ccc(Br)c2ccccc12)C(=O)O. The molecule has 2 rings (SSSR count). The van der Waals surface area contributed by atoms with Gasteiger partial charge in [0.1, 0.15) is 0 Å². The lowest BCUT2D eigenvalue weighted by molar-refractivity contribution is -0.140. The molecule has 3 nitrogen and oxygen atoms in total. The van der Waals surface area contributed by atoms with Crippen molar-refractivity contribution >= 4 is 38.4 Å². The summed E-state index contributed by atoms with van der Waals surface area (Å²) in [6, 6.07) is 11.9. The van der Waals surface area contributed by atoms with E-state index in [-0.39, 0.29) is 0 Å². The fourth-order valence-electron chi connectivity index (χ4n) is 1.77. The highest BCUT2D eigenvalue weighted by Crippen LogP contribution is 2.29. The van der Waals surface area contributed by atoms with Crippen LogP contribution in [0.2, 0.25) is 0 Å². The first-order valence-electron chi connectivity index (χ1n) is 5.73. The molecule has 0 heterocycles. The van der Waals surface area contributed by atoms with Gasteiger partial charge in [-0.15, -0.1) is 0 Å². The second-order valence-corrected chi connectivity index (χ2v) is 5.12. The van der Waals surface area contributed by atoms with E-state index in [4.69, 9.17) is 5.11 Å². The van der Waals surface area contributed by atoms with Gasteiger partial charge in [-0.25, -0.2) is 0 Å². The number of fused-ring (bicyclic) bond motifs is 1. The monoisotopic (exact) mass is 307 g/mol. The number of carboxylic acid groups (broad SMARTS) is 1. The lowest BCUT2D eigenvalue weighted by Gasteiger charge is -2.12. The number of hydrogen-bond donors (Lipinski definition) is 2. The number of hydrogen-bond acceptors (Lipinski definition) is 2. The zero-order valence-electron chi connectivity index (χ0n) is 9.98. The van der Waals surface area contributed by atoms with E-state index in [0.29, 0.717) is 6.54 Å². The van der Waals surface area contributed by atoms with Gasteiger partial charge in [-0.3, -0.25) is 4.79 Å². The maximum atomic E-state index is 10.8. The first-order valence-corrected chi connectivity index (χ1v) is 6.53. The minimum atomic E-state index is -0.788. The van der Waals surface area contributed by atoms with Gasteiger partial charge in [0.25, 0.3) is 0 Å². The summed E-state index contributed by atoms with van der Waals surface area (Å²) in [6.07, 6.45) is 0. The molecule has 0 saturated heterocycles. The maximum absolute atomic E-state index is 10.8. The molecule has 0 aliphatic rings. The molecule has 0 bridgehead atoms. The molecule has 0 saturated carbocycles. The van der Waals surface area contributed by atoms with Crippen LogP contribution in [-0.4, -0.2) is 17.6 Å². The van der Waals surface area contributed by atoms with Crippen molar-refractivity contribution in [1.29, 1.82) is 0 Å². The fourth-order valence-corrected chi connectivity index (χ4v) is 2.24. The quantitative estimate of drug-likeness (QED) is 0.904. The summed E-state index contributed by atoms with van der Waals surface area (Å²) in [6.45, 7) is 2.11. The van der Waals surface area contributed by atoms with Crippen LogP contribution in [0.1, 0.15) is 6.92 Å². The molecule has 2 N–H and O–H groups in total. The molecule has 0 aromatic heterocycles. The van der Waals surface area contributed by atoms with Crippen molar-refractivity contribution in [2.24, 2.45) is 5.92 Å². The van der Waals surface area contributed by atoms with E-state index >= 15 is 0 Å². The Labute approximate surface area is 114 Å². The molecule has 0 fully saturated rings. The van der Waals surface area contributed by atoms with Crippen LogP contribution in [0.4, 0.5) is 5.69 Å². The largest absolute Gasteiger partial charge is 0.481 e. The standard InChI is InChI=1S/C14H14BrNO2/c1-9(14(17)18)8-16-13-7-6-12(15)10-4-2-3-5-11(10)13/h2-7,9,16H,8H2,1H3,(H,17,18). The van der Waals surface area contributed by atoms with Crippen LogP contribution in [0.25, 0.3) is 10.8 Å². The van der Waals surface area contributed by atoms with Crippen molar-refractivity contribution < 1.29 is 9.90 Å². The average Bonchev–Trinajstić information content (AvgIpc) is 2.38. The molecule has 0 aliphatic carbocycles. The number of halogens is 1. The van der Waals surface area contributed by atoms with Crippen LogP contribution < -0.4 is 5.32 Å². The number of carbonyl (C=O) groups is 1. The molecule has 0 spiro atoms. The molecule has 0 amide bonds. The minimum absolute atomic E-state index is 0.410. The molecule has 1 unspecified atom stereocenters. The number of nitrogens with one attached hydrogen (secondary N) is 1. The van der Waals surface area contributed by atoms with E-state index in [1.807, 2.05) is 36.4 Å². The van der Waals surface area contributed by atoms with E-state index in [1.54, 1.807) is 6.92 Å². The van der Waals surface area contributed by atoms with Crippen LogP contribution in [0.15, 0.2) is 40.9 Å². The third-order valence-corrected chi connectivity index (χ3v) is 3.58. The lowest BCUT2D eigenvalue weighted by Crippen LogP contribution is -2.19. The highest BCUT2D eigenvalue weighted by atomic mass is 79.9. The van der Waals surface area contributed by atoms with E-state index < -0.39 is 11.9 Å². The summed E-state index contributed by atoms with van der Waals surface area (Å²) in [7, 11) is 0. The van der Waals surface area contributed by atoms with Gasteiger partial charge < -0.3 is 10.4 Å². The number of rotatable bonds is 4. The summed E-state index contributed by atoms with van der Waals surface area (Å²) in [5.74, 6) is -1.20. The van der Waals surface area contributed by atoms with Gasteiger partial charge in [0, 0.05) is 22.1 Å². The Morgan fingerprint density at radius 1 is 1.28 bits per heavy atom. The number of benzene rings is 2. The predicted molar refractivity (Wildman–Crippen MR) is 76.9 cm³/mol. The van der Waals surface area contributed by atoms with Crippen LogP contribution in [0.5, 0.6) is 0 Å². The van der Waals surface area contributed by atoms with E-state index in [2.05, 4.69) is 21.2 Å². The van der Waals surface area contributed by atoms with Gasteiger partial charge in [-0.1, -0.05) is 47.1 Å². The molecule has 4 heteroatoms. The first kappa shape index (κ1) is 12.9. The highest BCUT2D eigenvalue weighted by Gasteiger charge is 2.11. The Morgan fingerprint density at radius 3 is 2.61 bits per heavy atom. The van der Waals surface area contributed by atoms with Crippen LogP contribution in [0.3, 0.4) is 0 Å². The van der Waals surface area contributed by atoms with Crippen molar-refractivity contribution in [3.8, 4) is 0 Å². The number of aliphatic carboxylic acids is 1. The minimum Gasteiger partial charge on any atom is -0.481 e. The zero-order valence-corrected chi connectivity index (χ0v) is 11.6. The summed E-state index contributed by atoms with van der Waals surface area (Å²) in [5.41, 5.74) is 0.960. The predicted octanol–water partition coefficient (Wildman–Crippen LogP) is 3.73. The number of carboxylic acids is 1. The lowest BCUT2D eigenvalue weighted by atomic mass is 10.1. The maximum Gasteiger partial charge on any atom is 0.308 e. The van der Waals surface area contributed by atoms with Crippen molar-refractivity contribution in [3.63, 3.8) is 0 Å². The molecule has 0 aliphatic heterocycles. The molecule has 94 valence electrons. The van der Waals surface area contributed by atoms with Crippen molar-refractivity contribution in [3.05, 3.63) is 40.9 Å². The van der Waals surface area contributed by atoms with Gasteiger partial charge in [-0.05, 0) is 17.5 Å². The van der Waals surface area contributed by atoms with Gasteiger partial charge >= 0.3 is 5.97 Å². The molecular weight excluding hydrogens is 294 g/mol. The normalized spacial score (nSPS) is 12.3. The van der Waals surface area contributed by atoms with E-state index in [0.717, 1.165) is 20.9 Å². The highest BCUT2D eigenvalue weighted by molar-refractivity contribution is 9.10. The van der Waals surface area contributed by atoms with Crippen LogP contribution in [0, 0.1) is 5.92 Å². The Kier molecular flexibility index (Phi) is 3.87. The van der Waals surface area contributed by atoms with Gasteiger partial charge in [0.05, 0.1) is 5.92 Å². The van der Waals surface area contributed by atoms with Crippen molar-refractivity contribution in [2.45, 2.75) is 6.92 Å². The summed E-state index contributed by atoms with van der Waals surface area (Å²) < 4.78 is 1.04. The molecule has 0 radical (unpaired) electrons. The average molecular weight is 308 g/mol. The summed E-state index contributed by atoms with van der Waals surface area (Å²) >= 11 is 3.51. The fraction of sp³-hybridized carbons (Fsp3) is 0.214. The second-order valence-electron chi connectivity index (χ2n) is 4.26. The van der Waals surface area contributed by atoms with E-state index in [1.165, 1.54) is 0 Å². The number of anilines is 1.